The Bertz CT molecular complexity index is 1130. The van der Waals surface area contributed by atoms with Crippen molar-refractivity contribution in [3.63, 3.8) is 0 Å². The van der Waals surface area contributed by atoms with Crippen molar-refractivity contribution in [1.29, 1.82) is 0 Å². The largest absolute Gasteiger partial charge is 0.496 e. The van der Waals surface area contributed by atoms with E-state index in [1.807, 2.05) is 53.8 Å². The van der Waals surface area contributed by atoms with Gasteiger partial charge in [0.05, 0.1) is 31.1 Å². The van der Waals surface area contributed by atoms with E-state index >= 15 is 0 Å². The molecule has 0 radical (unpaired) electrons. The number of methoxy groups -OCH3 is 1. The molecule has 0 spiro atoms. The molecule has 2 aromatic carbocycles. The Balaban J connectivity index is 1.42. The summed E-state index contributed by atoms with van der Waals surface area (Å²) < 4.78 is 7.26. The zero-order chi connectivity index (χ0) is 23.4. The Morgan fingerprint density at radius 2 is 1.64 bits per heavy atom. The molecule has 1 aliphatic heterocycles. The number of carbonyl (C=O) groups excluding carboxylic acids is 2. The normalized spacial score (nSPS) is 13.8. The van der Waals surface area contributed by atoms with Crippen LogP contribution in [0.2, 0.25) is 0 Å². The molecule has 1 saturated heterocycles. The summed E-state index contributed by atoms with van der Waals surface area (Å²) in [5.41, 5.74) is 4.33. The highest BCUT2D eigenvalue weighted by Crippen LogP contribution is 2.21. The van der Waals surface area contributed by atoms with Crippen LogP contribution in [0.5, 0.6) is 5.75 Å². The third-order valence-corrected chi connectivity index (χ3v) is 6.20. The van der Waals surface area contributed by atoms with E-state index in [1.54, 1.807) is 24.3 Å². The summed E-state index contributed by atoms with van der Waals surface area (Å²) in [4.78, 5) is 29.8. The van der Waals surface area contributed by atoms with Crippen molar-refractivity contribution >= 4 is 11.8 Å². The first-order valence-corrected chi connectivity index (χ1v) is 11.3. The fraction of sp³-hybridized carbons (Fsp3) is 0.346. The van der Waals surface area contributed by atoms with Crippen LogP contribution < -0.4 is 4.74 Å². The number of hydrogen-bond donors (Lipinski definition) is 0. The molecular formula is C26H30N4O3. The number of rotatable bonds is 6. The Morgan fingerprint density at radius 1 is 0.970 bits per heavy atom. The number of amides is 2. The van der Waals surface area contributed by atoms with E-state index < -0.39 is 0 Å². The summed E-state index contributed by atoms with van der Waals surface area (Å²) in [6, 6.07) is 15.6. The van der Waals surface area contributed by atoms with Crippen molar-refractivity contribution in [3.8, 4) is 5.75 Å². The predicted molar refractivity (Wildman–Crippen MR) is 127 cm³/mol. The fourth-order valence-corrected chi connectivity index (χ4v) is 4.27. The average Bonchev–Trinajstić information content (AvgIpc) is 3.26. The zero-order valence-corrected chi connectivity index (χ0v) is 19.5. The van der Waals surface area contributed by atoms with Crippen molar-refractivity contribution in [2.75, 3.05) is 33.3 Å². The fourth-order valence-electron chi connectivity index (χ4n) is 4.27. The van der Waals surface area contributed by atoms with Crippen molar-refractivity contribution in [2.24, 2.45) is 0 Å². The van der Waals surface area contributed by atoms with Crippen LogP contribution in [-0.4, -0.2) is 64.7 Å². The second-order valence-corrected chi connectivity index (χ2v) is 8.27. The highest BCUT2D eigenvalue weighted by atomic mass is 16.5. The van der Waals surface area contributed by atoms with E-state index in [1.165, 1.54) is 0 Å². The van der Waals surface area contributed by atoms with Crippen LogP contribution in [0.25, 0.3) is 0 Å². The first kappa shape index (κ1) is 22.6. The number of piperazine rings is 1. The van der Waals surface area contributed by atoms with Crippen LogP contribution in [0.1, 0.15) is 44.5 Å². The number of benzene rings is 2. The van der Waals surface area contributed by atoms with Gasteiger partial charge in [-0.25, -0.2) is 0 Å². The lowest BCUT2D eigenvalue weighted by Crippen LogP contribution is -2.50. The second kappa shape index (κ2) is 9.90. The molecule has 3 aromatic rings. The van der Waals surface area contributed by atoms with E-state index in [2.05, 4.69) is 17.2 Å². The van der Waals surface area contributed by atoms with E-state index in [9.17, 15) is 9.59 Å². The Kier molecular flexibility index (Phi) is 6.77. The molecule has 0 saturated carbocycles. The SMILES string of the molecule is CCc1c(C(=O)N2CCN(C(=O)c3ccc(C)c(OC)c3)CC2)cnn1Cc1ccccc1. The molecule has 1 aromatic heterocycles. The van der Waals surface area contributed by atoms with Gasteiger partial charge in [0.15, 0.2) is 0 Å². The van der Waals surface area contributed by atoms with Gasteiger partial charge in [0.25, 0.3) is 11.8 Å². The molecule has 172 valence electrons. The lowest BCUT2D eigenvalue weighted by atomic mass is 10.1. The molecule has 0 atom stereocenters. The summed E-state index contributed by atoms with van der Waals surface area (Å²) in [5, 5.41) is 4.50. The van der Waals surface area contributed by atoms with Crippen molar-refractivity contribution in [3.05, 3.63) is 82.7 Å². The van der Waals surface area contributed by atoms with E-state index in [0.29, 0.717) is 49.6 Å². The van der Waals surface area contributed by atoms with Crippen LogP contribution in [0.15, 0.2) is 54.7 Å². The molecule has 0 bridgehead atoms. The highest BCUT2D eigenvalue weighted by molar-refractivity contribution is 5.96. The molecular weight excluding hydrogens is 416 g/mol. The van der Waals surface area contributed by atoms with E-state index in [-0.39, 0.29) is 11.8 Å². The first-order chi connectivity index (χ1) is 16.0. The number of hydrogen-bond acceptors (Lipinski definition) is 4. The summed E-state index contributed by atoms with van der Waals surface area (Å²) in [7, 11) is 1.60. The minimum absolute atomic E-state index is 0.0183. The summed E-state index contributed by atoms with van der Waals surface area (Å²) in [6.07, 6.45) is 2.40. The molecule has 0 unspecified atom stereocenters. The number of aryl methyl sites for hydroxylation is 1. The molecule has 4 rings (SSSR count). The molecule has 0 aliphatic carbocycles. The van der Waals surface area contributed by atoms with Gasteiger partial charge in [-0.1, -0.05) is 43.3 Å². The van der Waals surface area contributed by atoms with Crippen LogP contribution in [0.3, 0.4) is 0 Å². The molecule has 1 fully saturated rings. The van der Waals surface area contributed by atoms with Gasteiger partial charge in [-0.05, 0) is 36.6 Å². The van der Waals surface area contributed by atoms with E-state index in [4.69, 9.17) is 4.74 Å². The number of carbonyl (C=O) groups is 2. The maximum Gasteiger partial charge on any atom is 0.257 e. The van der Waals surface area contributed by atoms with Gasteiger partial charge < -0.3 is 14.5 Å². The standard InChI is InChI=1S/C26H30N4O3/c1-4-23-22(17-27-30(23)18-20-8-6-5-7-9-20)26(32)29-14-12-28(13-15-29)25(31)21-11-10-19(2)24(16-21)33-3/h5-11,16-17H,4,12-15,18H2,1-3H3. The van der Waals surface area contributed by atoms with Gasteiger partial charge in [-0.2, -0.15) is 5.10 Å². The molecule has 2 amide bonds. The number of aromatic nitrogens is 2. The van der Waals surface area contributed by atoms with Crippen LogP contribution in [0.4, 0.5) is 0 Å². The van der Waals surface area contributed by atoms with Gasteiger partial charge in [0.1, 0.15) is 5.75 Å². The van der Waals surface area contributed by atoms with Gasteiger partial charge >= 0.3 is 0 Å². The summed E-state index contributed by atoms with van der Waals surface area (Å²) in [6.45, 7) is 6.63. The highest BCUT2D eigenvalue weighted by Gasteiger charge is 2.28. The van der Waals surface area contributed by atoms with E-state index in [0.717, 1.165) is 23.2 Å². The molecule has 7 heteroatoms. The van der Waals surface area contributed by atoms with Gasteiger partial charge in [-0.3, -0.25) is 14.3 Å². The molecule has 7 nitrogen and oxygen atoms in total. The van der Waals surface area contributed by atoms with Crippen LogP contribution in [-0.2, 0) is 13.0 Å². The number of nitrogens with zero attached hydrogens (tertiary/aromatic N) is 4. The van der Waals surface area contributed by atoms with Gasteiger partial charge in [-0.15, -0.1) is 0 Å². The minimum atomic E-state index is -0.0367. The van der Waals surface area contributed by atoms with Crippen LogP contribution >= 0.6 is 0 Å². The Hall–Kier alpha value is -3.61. The lowest BCUT2D eigenvalue weighted by Gasteiger charge is -2.35. The quantitative estimate of drug-likeness (QED) is 0.582. The average molecular weight is 447 g/mol. The molecule has 0 N–H and O–H groups in total. The second-order valence-electron chi connectivity index (χ2n) is 8.27. The summed E-state index contributed by atoms with van der Waals surface area (Å²) in [5.74, 6) is 0.648. The van der Waals surface area contributed by atoms with Gasteiger partial charge in [0, 0.05) is 31.7 Å². The maximum absolute atomic E-state index is 13.3. The topological polar surface area (TPSA) is 67.7 Å². The van der Waals surface area contributed by atoms with Crippen molar-refractivity contribution in [1.82, 2.24) is 19.6 Å². The van der Waals surface area contributed by atoms with Crippen LogP contribution in [0, 0.1) is 6.92 Å². The third-order valence-electron chi connectivity index (χ3n) is 6.20. The minimum Gasteiger partial charge on any atom is -0.496 e. The monoisotopic (exact) mass is 446 g/mol. The van der Waals surface area contributed by atoms with Gasteiger partial charge in [0.2, 0.25) is 0 Å². The molecule has 1 aliphatic rings. The lowest BCUT2D eigenvalue weighted by molar-refractivity contribution is 0.0534. The Morgan fingerprint density at radius 3 is 2.27 bits per heavy atom. The third kappa shape index (κ3) is 4.77. The molecule has 33 heavy (non-hydrogen) atoms. The molecule has 2 heterocycles. The first-order valence-electron chi connectivity index (χ1n) is 11.3. The number of ether oxygens (including phenoxy) is 1. The Labute approximate surface area is 194 Å². The predicted octanol–water partition coefficient (Wildman–Crippen LogP) is 3.41. The maximum atomic E-state index is 13.3. The summed E-state index contributed by atoms with van der Waals surface area (Å²) >= 11 is 0. The van der Waals surface area contributed by atoms with Crippen molar-refractivity contribution < 1.29 is 14.3 Å². The smallest absolute Gasteiger partial charge is 0.257 e. The van der Waals surface area contributed by atoms with Crippen molar-refractivity contribution in [2.45, 2.75) is 26.8 Å². The zero-order valence-electron chi connectivity index (χ0n) is 19.5.